The van der Waals surface area contributed by atoms with E-state index in [1.165, 1.54) is 11.1 Å². The number of nitrogen functional groups attached to an aromatic ring is 1. The summed E-state index contributed by atoms with van der Waals surface area (Å²) in [7, 11) is 0. The maximum absolute atomic E-state index is 6.04. The molecule has 0 bridgehead atoms. The number of nitrogens with zero attached hydrogens (tertiary/aromatic N) is 4. The molecule has 0 aliphatic rings. The lowest BCUT2D eigenvalue weighted by Gasteiger charge is -2.16. The zero-order valence-corrected chi connectivity index (χ0v) is 12.1. The highest BCUT2D eigenvalue weighted by molar-refractivity contribution is 5.71. The quantitative estimate of drug-likeness (QED) is 0.748. The summed E-state index contributed by atoms with van der Waals surface area (Å²) in [6, 6.07) is 15.9. The van der Waals surface area contributed by atoms with Gasteiger partial charge in [-0.3, -0.25) is 0 Å². The molecule has 5 heteroatoms. The minimum Gasteiger partial charge on any atom is -0.398 e. The summed E-state index contributed by atoms with van der Waals surface area (Å²) in [6.07, 6.45) is 0. The molecule has 106 valence electrons. The molecule has 0 fully saturated rings. The van der Waals surface area contributed by atoms with Crippen LogP contribution in [0.15, 0.2) is 48.5 Å². The van der Waals surface area contributed by atoms with E-state index in [4.69, 9.17) is 5.73 Å². The van der Waals surface area contributed by atoms with Crippen LogP contribution in [0.3, 0.4) is 0 Å². The van der Waals surface area contributed by atoms with Crippen LogP contribution in [0, 0.1) is 6.92 Å². The van der Waals surface area contributed by atoms with Gasteiger partial charge in [0.15, 0.2) is 5.82 Å². The highest BCUT2D eigenvalue weighted by Crippen LogP contribution is 2.28. The summed E-state index contributed by atoms with van der Waals surface area (Å²) in [5, 5.41) is 12.1. The fourth-order valence-electron chi connectivity index (χ4n) is 2.52. The molecule has 1 unspecified atom stereocenters. The molecule has 1 atom stereocenters. The lowest BCUT2D eigenvalue weighted by molar-refractivity contribution is 0.546. The SMILES string of the molecule is Cc1ccccc1C(C)n1nnnc1-c1ccccc1N. The van der Waals surface area contributed by atoms with Crippen LogP contribution in [-0.2, 0) is 0 Å². The number of para-hydroxylation sites is 1. The average Bonchev–Trinajstić information content (AvgIpc) is 2.97. The summed E-state index contributed by atoms with van der Waals surface area (Å²) >= 11 is 0. The molecule has 5 nitrogen and oxygen atoms in total. The third-order valence-electron chi connectivity index (χ3n) is 3.70. The Morgan fingerprint density at radius 3 is 2.52 bits per heavy atom. The van der Waals surface area contributed by atoms with Gasteiger partial charge in [-0.15, -0.1) is 5.10 Å². The van der Waals surface area contributed by atoms with Gasteiger partial charge in [-0.25, -0.2) is 4.68 Å². The molecule has 2 aromatic carbocycles. The second kappa shape index (κ2) is 5.36. The van der Waals surface area contributed by atoms with Crippen LogP contribution < -0.4 is 5.73 Å². The van der Waals surface area contributed by atoms with Crippen LogP contribution in [0.4, 0.5) is 5.69 Å². The number of benzene rings is 2. The summed E-state index contributed by atoms with van der Waals surface area (Å²) in [4.78, 5) is 0. The lowest BCUT2D eigenvalue weighted by atomic mass is 10.0. The number of hydrogen-bond acceptors (Lipinski definition) is 4. The Morgan fingerprint density at radius 2 is 1.76 bits per heavy atom. The van der Waals surface area contributed by atoms with Crippen molar-refractivity contribution in [1.82, 2.24) is 20.2 Å². The van der Waals surface area contributed by atoms with Crippen LogP contribution in [0.1, 0.15) is 24.1 Å². The third kappa shape index (κ3) is 2.38. The van der Waals surface area contributed by atoms with Gasteiger partial charge in [0.2, 0.25) is 0 Å². The van der Waals surface area contributed by atoms with Crippen molar-refractivity contribution in [2.75, 3.05) is 5.73 Å². The first-order valence-corrected chi connectivity index (χ1v) is 6.86. The van der Waals surface area contributed by atoms with Gasteiger partial charge < -0.3 is 5.73 Å². The molecule has 0 aliphatic heterocycles. The number of aryl methyl sites for hydroxylation is 1. The number of rotatable bonds is 3. The van der Waals surface area contributed by atoms with Crippen molar-refractivity contribution in [2.45, 2.75) is 19.9 Å². The van der Waals surface area contributed by atoms with E-state index in [1.807, 2.05) is 41.1 Å². The van der Waals surface area contributed by atoms with Gasteiger partial charge in [-0.1, -0.05) is 36.4 Å². The zero-order valence-electron chi connectivity index (χ0n) is 12.1. The fraction of sp³-hybridized carbons (Fsp3) is 0.188. The molecule has 0 amide bonds. The molecule has 2 N–H and O–H groups in total. The lowest BCUT2D eigenvalue weighted by Crippen LogP contribution is -2.12. The first-order chi connectivity index (χ1) is 10.2. The van der Waals surface area contributed by atoms with Crippen molar-refractivity contribution in [1.29, 1.82) is 0 Å². The Labute approximate surface area is 123 Å². The van der Waals surface area contributed by atoms with E-state index in [0.29, 0.717) is 11.5 Å². The van der Waals surface area contributed by atoms with Crippen molar-refractivity contribution >= 4 is 5.69 Å². The molecule has 0 aliphatic carbocycles. The van der Waals surface area contributed by atoms with Crippen LogP contribution in [0.2, 0.25) is 0 Å². The van der Waals surface area contributed by atoms with E-state index in [1.54, 1.807) is 0 Å². The number of aromatic nitrogens is 4. The van der Waals surface area contributed by atoms with Gasteiger partial charge in [0.1, 0.15) is 0 Å². The van der Waals surface area contributed by atoms with Crippen molar-refractivity contribution in [3.05, 3.63) is 59.7 Å². The van der Waals surface area contributed by atoms with Gasteiger partial charge >= 0.3 is 0 Å². The van der Waals surface area contributed by atoms with Crippen LogP contribution >= 0.6 is 0 Å². The van der Waals surface area contributed by atoms with Crippen molar-refractivity contribution in [3.63, 3.8) is 0 Å². The fourth-order valence-corrected chi connectivity index (χ4v) is 2.52. The maximum atomic E-state index is 6.04. The molecule has 3 aromatic rings. The predicted octanol–water partition coefficient (Wildman–Crippen LogP) is 2.84. The van der Waals surface area contributed by atoms with E-state index in [2.05, 4.69) is 41.5 Å². The molecule has 0 saturated heterocycles. The molecule has 0 saturated carbocycles. The molecule has 0 spiro atoms. The Kier molecular flexibility index (Phi) is 3.39. The minimum absolute atomic E-state index is 0.0378. The van der Waals surface area contributed by atoms with E-state index < -0.39 is 0 Å². The van der Waals surface area contributed by atoms with E-state index in [9.17, 15) is 0 Å². The average molecular weight is 279 g/mol. The zero-order chi connectivity index (χ0) is 14.8. The second-order valence-electron chi connectivity index (χ2n) is 5.07. The standard InChI is InChI=1S/C16H17N5/c1-11-7-3-4-8-13(11)12(2)21-16(18-19-20-21)14-9-5-6-10-15(14)17/h3-10,12H,17H2,1-2H3. The number of hydrogen-bond donors (Lipinski definition) is 1. The highest BCUT2D eigenvalue weighted by atomic mass is 15.5. The first-order valence-electron chi connectivity index (χ1n) is 6.86. The van der Waals surface area contributed by atoms with Gasteiger partial charge in [-0.05, 0) is 47.5 Å². The van der Waals surface area contributed by atoms with Gasteiger partial charge in [0, 0.05) is 11.3 Å². The smallest absolute Gasteiger partial charge is 0.184 e. The summed E-state index contributed by atoms with van der Waals surface area (Å²) in [5.74, 6) is 0.684. The van der Waals surface area contributed by atoms with Gasteiger partial charge in [-0.2, -0.15) is 0 Å². The van der Waals surface area contributed by atoms with Crippen LogP contribution in [0.5, 0.6) is 0 Å². The normalized spacial score (nSPS) is 12.3. The largest absolute Gasteiger partial charge is 0.398 e. The topological polar surface area (TPSA) is 69.6 Å². The highest BCUT2D eigenvalue weighted by Gasteiger charge is 2.18. The van der Waals surface area contributed by atoms with E-state index in [-0.39, 0.29) is 6.04 Å². The molecule has 21 heavy (non-hydrogen) atoms. The molecular weight excluding hydrogens is 262 g/mol. The van der Waals surface area contributed by atoms with Gasteiger partial charge in [0.05, 0.1) is 6.04 Å². The Bertz CT molecular complexity index is 763. The maximum Gasteiger partial charge on any atom is 0.184 e. The second-order valence-corrected chi connectivity index (χ2v) is 5.07. The summed E-state index contributed by atoms with van der Waals surface area (Å²) in [5.41, 5.74) is 9.97. The Hall–Kier alpha value is -2.69. The van der Waals surface area contributed by atoms with Crippen molar-refractivity contribution < 1.29 is 0 Å². The van der Waals surface area contributed by atoms with E-state index in [0.717, 1.165) is 5.56 Å². The van der Waals surface area contributed by atoms with Crippen LogP contribution in [-0.4, -0.2) is 20.2 Å². The molecule has 3 rings (SSSR count). The van der Waals surface area contributed by atoms with Crippen molar-refractivity contribution in [2.24, 2.45) is 0 Å². The molecule has 0 radical (unpaired) electrons. The number of tetrazole rings is 1. The first kappa shape index (κ1) is 13.3. The van der Waals surface area contributed by atoms with E-state index >= 15 is 0 Å². The summed E-state index contributed by atoms with van der Waals surface area (Å²) < 4.78 is 1.81. The van der Waals surface area contributed by atoms with Crippen LogP contribution in [0.25, 0.3) is 11.4 Å². The van der Waals surface area contributed by atoms with Gasteiger partial charge in [0.25, 0.3) is 0 Å². The Balaban J connectivity index is 2.08. The molecular formula is C16H17N5. The number of nitrogens with two attached hydrogens (primary N) is 1. The number of anilines is 1. The Morgan fingerprint density at radius 1 is 1.05 bits per heavy atom. The molecule has 1 heterocycles. The van der Waals surface area contributed by atoms with Crippen molar-refractivity contribution in [3.8, 4) is 11.4 Å². The third-order valence-corrected chi connectivity index (χ3v) is 3.70. The predicted molar refractivity (Wildman–Crippen MR) is 82.7 cm³/mol. The minimum atomic E-state index is 0.0378. The summed E-state index contributed by atoms with van der Waals surface area (Å²) in [6.45, 7) is 4.17. The molecule has 1 aromatic heterocycles. The monoisotopic (exact) mass is 279 g/mol.